The predicted molar refractivity (Wildman–Crippen MR) is 197 cm³/mol. The molecule has 0 spiro atoms. The Bertz CT molecular complexity index is 477. The summed E-state index contributed by atoms with van der Waals surface area (Å²) in [5.41, 5.74) is 0. The van der Waals surface area contributed by atoms with Gasteiger partial charge in [-0.2, -0.15) is 0 Å². The average molecular weight is 630 g/mol. The number of hydrogen-bond donors (Lipinski definition) is 1. The Labute approximate surface area is 278 Å². The van der Waals surface area contributed by atoms with Crippen molar-refractivity contribution in [1.82, 2.24) is 0 Å². The molecule has 43 heavy (non-hydrogen) atoms. The zero-order chi connectivity index (χ0) is 31.5. The quantitative estimate of drug-likeness (QED) is 0.0412. The second-order valence-corrected chi connectivity index (χ2v) is 15.0. The van der Waals surface area contributed by atoms with Gasteiger partial charge in [0.2, 0.25) is 0 Å². The summed E-state index contributed by atoms with van der Waals surface area (Å²) in [5, 5.41) is 10.3. The van der Waals surface area contributed by atoms with E-state index in [2.05, 4.69) is 20.9 Å². The van der Waals surface area contributed by atoms with Crippen LogP contribution in [0.1, 0.15) is 219 Å². The lowest BCUT2D eigenvalue weighted by Crippen LogP contribution is -2.50. The molecule has 0 saturated heterocycles. The molecule has 0 bridgehead atoms. The van der Waals surface area contributed by atoms with Gasteiger partial charge in [-0.15, -0.1) is 11.6 Å². The van der Waals surface area contributed by atoms with Gasteiger partial charge < -0.3 is 9.59 Å². The zero-order valence-corrected chi connectivity index (χ0v) is 31.1. The van der Waals surface area contributed by atoms with Gasteiger partial charge in [-0.05, 0) is 25.7 Å². The number of aliphatic hydroxyl groups excluding tert-OH is 1. The van der Waals surface area contributed by atoms with E-state index in [1.807, 2.05) is 0 Å². The van der Waals surface area contributed by atoms with E-state index >= 15 is 0 Å². The second-order valence-electron chi connectivity index (χ2n) is 14.7. The summed E-state index contributed by atoms with van der Waals surface area (Å²) in [7, 11) is 2.37. The van der Waals surface area contributed by atoms with E-state index in [-0.39, 0.29) is 6.10 Å². The van der Waals surface area contributed by atoms with Gasteiger partial charge in [-0.25, -0.2) is 0 Å². The maximum atomic E-state index is 10.3. The predicted octanol–water partition coefficient (Wildman–Crippen LogP) is 13.6. The summed E-state index contributed by atoms with van der Waals surface area (Å²) in [6.07, 6.45) is 45.1. The van der Waals surface area contributed by atoms with E-state index in [1.165, 1.54) is 219 Å². The van der Waals surface area contributed by atoms with Crippen LogP contribution in [0.5, 0.6) is 0 Å². The van der Waals surface area contributed by atoms with E-state index < -0.39 is 0 Å². The first-order valence-corrected chi connectivity index (χ1v) is 20.7. The molecule has 2 nitrogen and oxygen atoms in total. The SMILES string of the molecule is CCCCCCCCCCCCCCCCCC[N+](C)(CCCCCCCCCCCCCCCCCC)CC(O)CCl. The van der Waals surface area contributed by atoms with Crippen molar-refractivity contribution in [2.24, 2.45) is 0 Å². The number of unbranched alkanes of at least 4 members (excludes halogenated alkanes) is 30. The van der Waals surface area contributed by atoms with Gasteiger partial charge >= 0.3 is 0 Å². The summed E-state index contributed by atoms with van der Waals surface area (Å²) >= 11 is 6.00. The van der Waals surface area contributed by atoms with Crippen LogP contribution in [-0.2, 0) is 0 Å². The highest BCUT2D eigenvalue weighted by Crippen LogP contribution is 2.18. The highest BCUT2D eigenvalue weighted by atomic mass is 35.5. The molecule has 1 atom stereocenters. The third kappa shape index (κ3) is 33.4. The van der Waals surface area contributed by atoms with E-state index in [0.29, 0.717) is 5.88 Å². The van der Waals surface area contributed by atoms with Crippen molar-refractivity contribution >= 4 is 11.6 Å². The lowest BCUT2D eigenvalue weighted by atomic mass is 10.0. The lowest BCUT2D eigenvalue weighted by molar-refractivity contribution is -0.912. The Morgan fingerprint density at radius 2 is 0.605 bits per heavy atom. The highest BCUT2D eigenvalue weighted by Gasteiger charge is 2.24. The van der Waals surface area contributed by atoms with Crippen molar-refractivity contribution in [2.75, 3.05) is 32.6 Å². The Kier molecular flexibility index (Phi) is 35.2. The van der Waals surface area contributed by atoms with Gasteiger partial charge in [0.25, 0.3) is 0 Å². The van der Waals surface area contributed by atoms with Crippen molar-refractivity contribution in [3.05, 3.63) is 0 Å². The van der Waals surface area contributed by atoms with Gasteiger partial charge in [0.1, 0.15) is 12.6 Å². The zero-order valence-electron chi connectivity index (χ0n) is 30.3. The van der Waals surface area contributed by atoms with Gasteiger partial charge in [0.15, 0.2) is 0 Å². The normalized spacial score (nSPS) is 12.8. The van der Waals surface area contributed by atoms with Crippen LogP contribution in [0, 0.1) is 0 Å². The molecule has 0 fully saturated rings. The minimum Gasteiger partial charge on any atom is -0.386 e. The largest absolute Gasteiger partial charge is 0.386 e. The van der Waals surface area contributed by atoms with Gasteiger partial charge in [-0.3, -0.25) is 0 Å². The number of likely N-dealkylation sites (N-methyl/N-ethyl adjacent to an activating group) is 1. The molecule has 0 aromatic carbocycles. The number of nitrogens with zero attached hydrogens (tertiary/aromatic N) is 1. The van der Waals surface area contributed by atoms with E-state index in [4.69, 9.17) is 11.6 Å². The van der Waals surface area contributed by atoms with Crippen LogP contribution in [0.4, 0.5) is 0 Å². The summed E-state index contributed by atoms with van der Waals surface area (Å²) < 4.78 is 1.01. The second kappa shape index (κ2) is 35.1. The van der Waals surface area contributed by atoms with Crippen LogP contribution in [0.25, 0.3) is 0 Å². The minimum atomic E-state index is -0.367. The Balaban J connectivity index is 3.69. The number of rotatable bonds is 37. The first kappa shape index (κ1) is 43.2. The van der Waals surface area contributed by atoms with E-state index in [9.17, 15) is 5.11 Å². The fraction of sp³-hybridized carbons (Fsp3) is 1.00. The third-order valence-electron chi connectivity index (χ3n) is 9.93. The fourth-order valence-electron chi connectivity index (χ4n) is 6.94. The molecular formula is C40H83ClNO+. The number of halogens is 1. The van der Waals surface area contributed by atoms with E-state index in [1.54, 1.807) is 0 Å². The van der Waals surface area contributed by atoms with Crippen LogP contribution < -0.4 is 0 Å². The first-order valence-electron chi connectivity index (χ1n) is 20.2. The number of alkyl halides is 1. The monoisotopic (exact) mass is 629 g/mol. The minimum absolute atomic E-state index is 0.367. The van der Waals surface area contributed by atoms with Crippen molar-refractivity contribution in [2.45, 2.75) is 225 Å². The molecule has 0 radical (unpaired) electrons. The molecule has 0 aliphatic rings. The number of aliphatic hydroxyl groups is 1. The van der Waals surface area contributed by atoms with Crippen LogP contribution in [-0.4, -0.2) is 48.3 Å². The summed E-state index contributed by atoms with van der Waals surface area (Å²) in [6.45, 7) is 7.82. The maximum Gasteiger partial charge on any atom is 0.116 e. The Morgan fingerprint density at radius 3 is 0.814 bits per heavy atom. The lowest BCUT2D eigenvalue weighted by Gasteiger charge is -2.36. The highest BCUT2D eigenvalue weighted by molar-refractivity contribution is 6.18. The first-order chi connectivity index (χ1) is 21.1. The molecule has 0 aliphatic carbocycles. The molecular weight excluding hydrogens is 546 g/mol. The fourth-order valence-corrected chi connectivity index (χ4v) is 7.03. The van der Waals surface area contributed by atoms with Gasteiger partial charge in [0.05, 0.1) is 26.0 Å². The summed E-state index contributed by atoms with van der Waals surface area (Å²) in [6, 6.07) is 0. The van der Waals surface area contributed by atoms with Gasteiger partial charge in [-0.1, -0.05) is 194 Å². The van der Waals surface area contributed by atoms with E-state index in [0.717, 1.165) is 11.0 Å². The molecule has 3 heteroatoms. The molecule has 260 valence electrons. The van der Waals surface area contributed by atoms with Gasteiger partial charge in [0, 0.05) is 0 Å². The van der Waals surface area contributed by atoms with Crippen LogP contribution >= 0.6 is 11.6 Å². The van der Waals surface area contributed by atoms with Crippen molar-refractivity contribution < 1.29 is 9.59 Å². The van der Waals surface area contributed by atoms with Crippen molar-refractivity contribution in [1.29, 1.82) is 0 Å². The number of quaternary nitrogens is 1. The molecule has 0 aromatic heterocycles. The van der Waals surface area contributed by atoms with Crippen LogP contribution in [0.2, 0.25) is 0 Å². The smallest absolute Gasteiger partial charge is 0.116 e. The molecule has 1 N–H and O–H groups in total. The Morgan fingerprint density at radius 1 is 0.395 bits per heavy atom. The van der Waals surface area contributed by atoms with Crippen LogP contribution in [0.15, 0.2) is 0 Å². The topological polar surface area (TPSA) is 20.2 Å². The maximum absolute atomic E-state index is 10.3. The van der Waals surface area contributed by atoms with Crippen molar-refractivity contribution in [3.63, 3.8) is 0 Å². The standard InChI is InChI=1S/C40H83ClNO/c1-4-6-8-10-12-14-16-18-20-22-24-26-28-30-32-34-36-42(3,39-40(43)38-41)37-35-33-31-29-27-25-23-21-19-17-15-13-11-9-7-5-2/h40,43H,4-39H2,1-3H3/q+1. The number of hydrogen-bond acceptors (Lipinski definition) is 1. The molecule has 0 rings (SSSR count). The molecule has 0 saturated carbocycles. The van der Waals surface area contributed by atoms with Crippen LogP contribution in [0.3, 0.4) is 0 Å². The molecule has 0 aromatic rings. The third-order valence-corrected chi connectivity index (χ3v) is 10.3. The van der Waals surface area contributed by atoms with Crippen molar-refractivity contribution in [3.8, 4) is 0 Å². The molecule has 0 heterocycles. The molecule has 0 amide bonds. The average Bonchev–Trinajstić information content (AvgIpc) is 3.00. The summed E-state index contributed by atoms with van der Waals surface area (Å²) in [5.74, 6) is 0.367. The molecule has 1 unspecified atom stereocenters. The summed E-state index contributed by atoms with van der Waals surface area (Å²) in [4.78, 5) is 0. The Hall–Kier alpha value is 0.210. The molecule has 0 aliphatic heterocycles.